The first-order valence-electron chi connectivity index (χ1n) is 11.5. The van der Waals surface area contributed by atoms with Gasteiger partial charge in [0.25, 0.3) is 0 Å². The number of halogens is 2. The number of likely N-dealkylation sites (tertiary alicyclic amines) is 1. The van der Waals surface area contributed by atoms with Crippen molar-refractivity contribution in [2.45, 2.75) is 19.4 Å². The molecule has 1 amide bonds. The van der Waals surface area contributed by atoms with Crippen LogP contribution in [0.5, 0.6) is 0 Å². The lowest BCUT2D eigenvalue weighted by Crippen LogP contribution is -2.52. The number of amides is 1. The summed E-state index contributed by atoms with van der Waals surface area (Å²) in [4.78, 5) is 20.0. The molecule has 0 saturated carbocycles. The van der Waals surface area contributed by atoms with E-state index in [9.17, 15) is 4.79 Å². The minimum atomic E-state index is 0.0827. The summed E-state index contributed by atoms with van der Waals surface area (Å²) in [6, 6.07) is 16.0. The topological polar surface area (TPSA) is 26.8 Å². The molecule has 1 unspecified atom stereocenters. The molecule has 2 heterocycles. The van der Waals surface area contributed by atoms with Gasteiger partial charge < -0.3 is 4.90 Å². The minimum Gasteiger partial charge on any atom is -0.340 e. The summed E-state index contributed by atoms with van der Waals surface area (Å²) in [7, 11) is 0. The van der Waals surface area contributed by atoms with E-state index in [2.05, 4.69) is 51.1 Å². The summed E-state index contributed by atoms with van der Waals surface area (Å²) in [5.41, 5.74) is 2.30. The van der Waals surface area contributed by atoms with Crippen LogP contribution in [0, 0.1) is 5.92 Å². The van der Waals surface area contributed by atoms with Gasteiger partial charge in [0, 0.05) is 55.9 Å². The normalized spacial score (nSPS) is 20.7. The molecule has 4 nitrogen and oxygen atoms in total. The molecule has 4 rings (SSSR count). The molecular weight excluding hydrogens is 441 g/mol. The van der Waals surface area contributed by atoms with Gasteiger partial charge in [-0.3, -0.25) is 14.6 Å². The van der Waals surface area contributed by atoms with Crippen LogP contribution in [-0.2, 0) is 11.3 Å². The van der Waals surface area contributed by atoms with Crippen LogP contribution >= 0.6 is 23.2 Å². The van der Waals surface area contributed by atoms with Gasteiger partial charge in [-0.25, -0.2) is 0 Å². The highest BCUT2D eigenvalue weighted by molar-refractivity contribution is 6.35. The number of piperidine rings is 1. The maximum Gasteiger partial charge on any atom is 0.227 e. The number of carbonyl (C=O) groups is 1. The molecule has 32 heavy (non-hydrogen) atoms. The second-order valence-corrected chi connectivity index (χ2v) is 9.59. The summed E-state index contributed by atoms with van der Waals surface area (Å²) in [5, 5.41) is 1.35. The number of hydrogen-bond acceptors (Lipinski definition) is 3. The number of carbonyl (C=O) groups excluding carboxylic acids is 1. The highest BCUT2D eigenvalue weighted by atomic mass is 35.5. The van der Waals surface area contributed by atoms with E-state index < -0.39 is 0 Å². The van der Waals surface area contributed by atoms with E-state index in [0.29, 0.717) is 16.0 Å². The Morgan fingerprint density at radius 1 is 0.969 bits per heavy atom. The van der Waals surface area contributed by atoms with Crippen LogP contribution in [-0.4, -0.2) is 66.4 Å². The van der Waals surface area contributed by atoms with Crippen molar-refractivity contribution in [3.8, 4) is 0 Å². The third-order valence-corrected chi connectivity index (χ3v) is 7.01. The lowest BCUT2D eigenvalue weighted by Gasteiger charge is -2.39. The fourth-order valence-corrected chi connectivity index (χ4v) is 5.07. The minimum absolute atomic E-state index is 0.0827. The van der Waals surface area contributed by atoms with Crippen LogP contribution < -0.4 is 0 Å². The summed E-state index contributed by atoms with van der Waals surface area (Å²) >= 11 is 12.4. The van der Waals surface area contributed by atoms with Gasteiger partial charge in [0.15, 0.2) is 0 Å². The highest BCUT2D eigenvalue weighted by Gasteiger charge is 2.31. The third kappa shape index (κ3) is 6.35. The molecule has 2 aliphatic heterocycles. The van der Waals surface area contributed by atoms with Gasteiger partial charge >= 0.3 is 0 Å². The number of nitrogens with zero attached hydrogens (tertiary/aromatic N) is 3. The molecule has 2 fully saturated rings. The number of piperazine rings is 1. The van der Waals surface area contributed by atoms with E-state index >= 15 is 0 Å². The molecular formula is C26H31Cl2N3O. The van der Waals surface area contributed by atoms with Crippen LogP contribution in [0.15, 0.2) is 54.6 Å². The Morgan fingerprint density at radius 3 is 2.50 bits per heavy atom. The van der Waals surface area contributed by atoms with E-state index in [1.807, 2.05) is 18.2 Å². The maximum absolute atomic E-state index is 13.2. The predicted molar refractivity (Wildman–Crippen MR) is 133 cm³/mol. The summed E-state index contributed by atoms with van der Waals surface area (Å²) in [5.74, 6) is 0.399. The van der Waals surface area contributed by atoms with Crippen molar-refractivity contribution in [1.82, 2.24) is 14.7 Å². The van der Waals surface area contributed by atoms with Crippen molar-refractivity contribution >= 4 is 35.2 Å². The van der Waals surface area contributed by atoms with Gasteiger partial charge in [-0.05, 0) is 42.6 Å². The van der Waals surface area contributed by atoms with Crippen molar-refractivity contribution in [3.05, 3.63) is 75.8 Å². The molecule has 0 spiro atoms. The second kappa shape index (κ2) is 11.3. The first-order chi connectivity index (χ1) is 15.6. The van der Waals surface area contributed by atoms with E-state index in [1.165, 1.54) is 5.56 Å². The molecule has 0 aliphatic carbocycles. The van der Waals surface area contributed by atoms with Gasteiger partial charge in [-0.15, -0.1) is 0 Å². The lowest BCUT2D eigenvalue weighted by atomic mass is 9.95. The SMILES string of the molecule is O=C(C1CCCN(Cc2ccc(Cl)cc2Cl)C1)N1CCN(C/C=C/c2ccccc2)CC1. The Kier molecular flexibility index (Phi) is 8.26. The molecule has 0 aromatic heterocycles. The zero-order chi connectivity index (χ0) is 22.3. The first-order valence-corrected chi connectivity index (χ1v) is 12.2. The van der Waals surface area contributed by atoms with Gasteiger partial charge in [-0.1, -0.05) is 71.8 Å². The zero-order valence-electron chi connectivity index (χ0n) is 18.4. The second-order valence-electron chi connectivity index (χ2n) is 8.75. The van der Waals surface area contributed by atoms with Gasteiger partial charge in [0.2, 0.25) is 5.91 Å². The Balaban J connectivity index is 1.24. The third-order valence-electron chi connectivity index (χ3n) is 6.42. The van der Waals surface area contributed by atoms with Crippen LogP contribution in [0.25, 0.3) is 6.08 Å². The molecule has 170 valence electrons. The molecule has 2 aliphatic rings. The standard InChI is InChI=1S/C26H31Cl2N3O/c27-24-11-10-22(25(28)18-24)19-30-13-5-9-23(20-30)26(32)31-16-14-29(15-17-31)12-4-8-21-6-2-1-3-7-21/h1-4,6-8,10-11,18,23H,5,9,12-17,19-20H2/b8-4+. The number of benzene rings is 2. The maximum atomic E-state index is 13.2. The quantitative estimate of drug-likeness (QED) is 0.588. The summed E-state index contributed by atoms with van der Waals surface area (Å²) in [6.45, 7) is 7.00. The number of rotatable bonds is 6. The predicted octanol–water partition coefficient (Wildman–Crippen LogP) is 5.06. The van der Waals surface area contributed by atoms with Crippen LogP contribution in [0.4, 0.5) is 0 Å². The average molecular weight is 472 g/mol. The highest BCUT2D eigenvalue weighted by Crippen LogP contribution is 2.26. The Morgan fingerprint density at radius 2 is 1.75 bits per heavy atom. The molecule has 0 bridgehead atoms. The molecule has 0 radical (unpaired) electrons. The zero-order valence-corrected chi connectivity index (χ0v) is 19.9. The Hall–Kier alpha value is -1.85. The van der Waals surface area contributed by atoms with Crippen LogP contribution in [0.3, 0.4) is 0 Å². The monoisotopic (exact) mass is 471 g/mol. The van der Waals surface area contributed by atoms with Crippen molar-refractivity contribution in [1.29, 1.82) is 0 Å². The summed E-state index contributed by atoms with van der Waals surface area (Å²) in [6.07, 6.45) is 6.41. The smallest absolute Gasteiger partial charge is 0.227 e. The van der Waals surface area contributed by atoms with E-state index in [0.717, 1.165) is 70.8 Å². The van der Waals surface area contributed by atoms with Gasteiger partial charge in [0.1, 0.15) is 0 Å². The van der Waals surface area contributed by atoms with E-state index in [1.54, 1.807) is 6.07 Å². The number of hydrogen-bond donors (Lipinski definition) is 0. The molecule has 6 heteroatoms. The first kappa shape index (κ1) is 23.3. The largest absolute Gasteiger partial charge is 0.340 e. The van der Waals surface area contributed by atoms with Crippen LogP contribution in [0.2, 0.25) is 10.0 Å². The fourth-order valence-electron chi connectivity index (χ4n) is 4.60. The molecule has 2 aromatic rings. The van der Waals surface area contributed by atoms with Crippen molar-refractivity contribution in [2.75, 3.05) is 45.8 Å². The van der Waals surface area contributed by atoms with E-state index in [-0.39, 0.29) is 5.92 Å². The molecule has 1 atom stereocenters. The van der Waals surface area contributed by atoms with Crippen molar-refractivity contribution in [3.63, 3.8) is 0 Å². The van der Waals surface area contributed by atoms with Crippen LogP contribution in [0.1, 0.15) is 24.0 Å². The van der Waals surface area contributed by atoms with Crippen molar-refractivity contribution in [2.24, 2.45) is 5.92 Å². The Bertz CT molecular complexity index is 926. The van der Waals surface area contributed by atoms with Gasteiger partial charge in [0.05, 0.1) is 5.92 Å². The van der Waals surface area contributed by atoms with E-state index in [4.69, 9.17) is 23.2 Å². The molecule has 0 N–H and O–H groups in total. The van der Waals surface area contributed by atoms with Crippen molar-refractivity contribution < 1.29 is 4.79 Å². The molecule has 2 saturated heterocycles. The Labute approximate surface area is 201 Å². The molecule has 2 aromatic carbocycles. The summed E-state index contributed by atoms with van der Waals surface area (Å²) < 4.78 is 0. The average Bonchev–Trinajstić information content (AvgIpc) is 2.82. The lowest BCUT2D eigenvalue weighted by molar-refractivity contribution is -0.139. The fraction of sp³-hybridized carbons (Fsp3) is 0.423. The van der Waals surface area contributed by atoms with Gasteiger partial charge in [-0.2, -0.15) is 0 Å².